The van der Waals surface area contributed by atoms with Crippen molar-refractivity contribution in [3.63, 3.8) is 0 Å². The van der Waals surface area contributed by atoms with Gasteiger partial charge in [0.2, 0.25) is 0 Å². The zero-order chi connectivity index (χ0) is 16.4. The average molecular weight is 381 g/mol. The summed E-state index contributed by atoms with van der Waals surface area (Å²) in [6.07, 6.45) is 0.877. The van der Waals surface area contributed by atoms with Crippen molar-refractivity contribution in [1.29, 1.82) is 0 Å². The van der Waals surface area contributed by atoms with E-state index < -0.39 is 0 Å². The Morgan fingerprint density at radius 2 is 1.20 bits per heavy atom. The monoisotopic (exact) mass is 380 g/mol. The van der Waals surface area contributed by atoms with Crippen LogP contribution in [0, 0.1) is 0 Å². The highest BCUT2D eigenvalue weighted by atomic mass is 35.5. The maximum absolute atomic E-state index is 5.72. The molecule has 3 rings (SSSR count). The molecule has 0 saturated carbocycles. The number of aliphatic imine (C=N–C) groups is 2. The van der Waals surface area contributed by atoms with E-state index in [1.807, 2.05) is 12.1 Å². The Hall–Kier alpha value is -2.44. The molecule has 25 heavy (non-hydrogen) atoms. The molecule has 0 atom stereocenters. The number of rotatable bonds is 2. The van der Waals surface area contributed by atoms with Crippen LogP contribution in [0.5, 0.6) is 0 Å². The van der Waals surface area contributed by atoms with Crippen LogP contribution in [0.25, 0.3) is 11.1 Å². The third-order valence-corrected chi connectivity index (χ3v) is 3.91. The van der Waals surface area contributed by atoms with Gasteiger partial charge in [0.25, 0.3) is 0 Å². The Morgan fingerprint density at radius 1 is 0.800 bits per heavy atom. The lowest BCUT2D eigenvalue weighted by atomic mass is 10.1. The highest BCUT2D eigenvalue weighted by Crippen LogP contribution is 2.39. The third-order valence-electron chi connectivity index (χ3n) is 3.91. The number of guanidine groups is 2. The second-order valence-corrected chi connectivity index (χ2v) is 5.39. The summed E-state index contributed by atoms with van der Waals surface area (Å²) in [5.41, 5.74) is 18.4. The Labute approximate surface area is 159 Å². The quantitative estimate of drug-likeness (QED) is 0.405. The first-order chi connectivity index (χ1) is 11.1. The molecule has 6 N–H and O–H groups in total. The van der Waals surface area contributed by atoms with Crippen molar-refractivity contribution in [3.05, 3.63) is 47.5 Å². The van der Waals surface area contributed by atoms with E-state index in [0.717, 1.165) is 17.8 Å². The molecule has 1 aliphatic carbocycles. The van der Waals surface area contributed by atoms with Crippen molar-refractivity contribution < 1.29 is 0 Å². The SMILES string of the molecule is CN=C(N)Nc1ccc2c(c1)Cc1cc(NC(N)=NC)ccc1-2.Cl.Cl. The van der Waals surface area contributed by atoms with Gasteiger partial charge in [-0.2, -0.15) is 0 Å². The normalized spacial score (nSPS) is 12.4. The molecule has 0 bridgehead atoms. The second kappa shape index (κ2) is 8.60. The smallest absolute Gasteiger partial charge is 0.192 e. The van der Waals surface area contributed by atoms with Gasteiger partial charge in [-0.15, -0.1) is 24.8 Å². The van der Waals surface area contributed by atoms with Crippen molar-refractivity contribution in [2.75, 3.05) is 24.7 Å². The van der Waals surface area contributed by atoms with Crippen LogP contribution < -0.4 is 22.1 Å². The van der Waals surface area contributed by atoms with Crippen LogP contribution in [0.3, 0.4) is 0 Å². The van der Waals surface area contributed by atoms with Gasteiger partial charge in [0.15, 0.2) is 11.9 Å². The Kier molecular flexibility index (Phi) is 7.09. The van der Waals surface area contributed by atoms with Gasteiger partial charge in [0.05, 0.1) is 0 Å². The van der Waals surface area contributed by atoms with Crippen LogP contribution in [0.2, 0.25) is 0 Å². The van der Waals surface area contributed by atoms with Crippen molar-refractivity contribution in [3.8, 4) is 11.1 Å². The number of nitrogens with zero attached hydrogens (tertiary/aromatic N) is 2. The van der Waals surface area contributed by atoms with Crippen LogP contribution in [0.1, 0.15) is 11.1 Å². The lowest BCUT2D eigenvalue weighted by Crippen LogP contribution is -2.21. The summed E-state index contributed by atoms with van der Waals surface area (Å²) in [4.78, 5) is 7.83. The molecule has 0 radical (unpaired) electrons. The van der Waals surface area contributed by atoms with Crippen molar-refractivity contribution in [1.82, 2.24) is 0 Å². The predicted octanol–water partition coefficient (Wildman–Crippen LogP) is 2.81. The molecule has 8 heteroatoms. The molecule has 2 aromatic rings. The fraction of sp³-hybridized carbons (Fsp3) is 0.176. The van der Waals surface area contributed by atoms with E-state index in [1.54, 1.807) is 14.1 Å². The van der Waals surface area contributed by atoms with Crippen molar-refractivity contribution in [2.45, 2.75) is 6.42 Å². The summed E-state index contributed by atoms with van der Waals surface area (Å²) < 4.78 is 0. The molecule has 0 saturated heterocycles. The summed E-state index contributed by atoms with van der Waals surface area (Å²) >= 11 is 0. The molecule has 0 aromatic heterocycles. The van der Waals surface area contributed by atoms with Crippen LogP contribution in [0.15, 0.2) is 46.4 Å². The van der Waals surface area contributed by atoms with E-state index in [9.17, 15) is 0 Å². The van der Waals surface area contributed by atoms with E-state index in [2.05, 4.69) is 44.9 Å². The lowest BCUT2D eigenvalue weighted by molar-refractivity contribution is 1.26. The highest BCUT2D eigenvalue weighted by molar-refractivity contribution is 5.94. The first-order valence-electron chi connectivity index (χ1n) is 7.35. The minimum Gasteiger partial charge on any atom is -0.370 e. The van der Waals surface area contributed by atoms with Crippen LogP contribution in [-0.4, -0.2) is 26.0 Å². The zero-order valence-corrected chi connectivity index (χ0v) is 15.7. The molecule has 1 aliphatic rings. The van der Waals surface area contributed by atoms with Crippen LogP contribution >= 0.6 is 24.8 Å². The van der Waals surface area contributed by atoms with Gasteiger partial charge >= 0.3 is 0 Å². The Bertz CT molecular complexity index is 749. The van der Waals surface area contributed by atoms with Gasteiger partial charge in [0, 0.05) is 25.5 Å². The number of hydrogen-bond donors (Lipinski definition) is 4. The number of anilines is 2. The largest absolute Gasteiger partial charge is 0.370 e. The fourth-order valence-corrected chi connectivity index (χ4v) is 2.77. The van der Waals surface area contributed by atoms with Gasteiger partial charge < -0.3 is 22.1 Å². The van der Waals surface area contributed by atoms with E-state index >= 15 is 0 Å². The van der Waals surface area contributed by atoms with E-state index in [0.29, 0.717) is 11.9 Å². The van der Waals surface area contributed by atoms with Gasteiger partial charge in [-0.25, -0.2) is 0 Å². The predicted molar refractivity (Wildman–Crippen MR) is 112 cm³/mol. The fourth-order valence-electron chi connectivity index (χ4n) is 2.77. The van der Waals surface area contributed by atoms with Gasteiger partial charge in [-0.1, -0.05) is 12.1 Å². The van der Waals surface area contributed by atoms with E-state index in [-0.39, 0.29) is 24.8 Å². The molecule has 134 valence electrons. The van der Waals surface area contributed by atoms with Crippen molar-refractivity contribution in [2.24, 2.45) is 21.5 Å². The third kappa shape index (κ3) is 4.35. The number of fused-ring (bicyclic) bond motifs is 3. The number of hydrogen-bond acceptors (Lipinski definition) is 2. The standard InChI is InChI=1S/C17H20N6.2ClH/c1-20-16(18)22-12-3-5-14-10(8-12)7-11-9-13(4-6-15(11)14)23-17(19)21-2;;/h3-6,8-9H,7H2,1-2H3,(H3,18,20,22)(H3,19,21,23);2*1H. The summed E-state index contributed by atoms with van der Waals surface area (Å²) in [6, 6.07) is 12.5. The Balaban J connectivity index is 0.00000156. The molecule has 0 heterocycles. The number of nitrogens with two attached hydrogens (primary N) is 2. The molecular weight excluding hydrogens is 359 g/mol. The van der Waals surface area contributed by atoms with Crippen LogP contribution in [-0.2, 0) is 6.42 Å². The lowest BCUT2D eigenvalue weighted by Gasteiger charge is -2.08. The molecule has 6 nitrogen and oxygen atoms in total. The summed E-state index contributed by atoms with van der Waals surface area (Å²) in [7, 11) is 3.32. The first kappa shape index (κ1) is 20.6. The van der Waals surface area contributed by atoms with Gasteiger partial charge in [-0.3, -0.25) is 9.98 Å². The minimum atomic E-state index is 0. The topological polar surface area (TPSA) is 101 Å². The number of halogens is 2. The maximum atomic E-state index is 5.72. The molecule has 0 spiro atoms. The first-order valence-corrected chi connectivity index (χ1v) is 7.35. The highest BCUT2D eigenvalue weighted by Gasteiger charge is 2.19. The van der Waals surface area contributed by atoms with Gasteiger partial charge in [0.1, 0.15) is 0 Å². The summed E-state index contributed by atoms with van der Waals surface area (Å²) in [5.74, 6) is 0.808. The second-order valence-electron chi connectivity index (χ2n) is 5.39. The molecular formula is C17H22Cl2N6. The van der Waals surface area contributed by atoms with E-state index in [1.165, 1.54) is 22.3 Å². The minimum absolute atomic E-state index is 0. The summed E-state index contributed by atoms with van der Waals surface area (Å²) in [6.45, 7) is 0. The Morgan fingerprint density at radius 3 is 1.56 bits per heavy atom. The van der Waals surface area contributed by atoms with Crippen LogP contribution in [0.4, 0.5) is 11.4 Å². The zero-order valence-electron chi connectivity index (χ0n) is 14.0. The maximum Gasteiger partial charge on any atom is 0.192 e. The van der Waals surface area contributed by atoms with Crippen molar-refractivity contribution >= 4 is 48.1 Å². The molecule has 0 aliphatic heterocycles. The van der Waals surface area contributed by atoms with Gasteiger partial charge in [-0.05, 0) is 52.9 Å². The summed E-state index contributed by atoms with van der Waals surface area (Å²) in [5, 5.41) is 6.15. The molecule has 0 fully saturated rings. The molecule has 2 aromatic carbocycles. The number of nitrogens with one attached hydrogen (secondary N) is 2. The molecule has 0 unspecified atom stereocenters. The van der Waals surface area contributed by atoms with E-state index in [4.69, 9.17) is 11.5 Å². The molecule has 0 amide bonds. The number of benzene rings is 2. The average Bonchev–Trinajstić information content (AvgIpc) is 2.91.